The molecule has 0 aliphatic heterocycles. The molecule has 0 bridgehead atoms. The molecule has 3 nitrogen and oxygen atoms in total. The SMILES string of the molecule is CCCCC(N)(O)C(N)CCC. The third-order valence-corrected chi connectivity index (χ3v) is 2.17. The molecule has 0 rings (SSSR count). The van der Waals surface area contributed by atoms with E-state index in [0.717, 1.165) is 25.7 Å². The van der Waals surface area contributed by atoms with Crippen LogP contribution in [0.2, 0.25) is 0 Å². The van der Waals surface area contributed by atoms with Crippen LogP contribution in [-0.4, -0.2) is 16.9 Å². The molecular weight excluding hydrogens is 152 g/mol. The Morgan fingerprint density at radius 3 is 2.33 bits per heavy atom. The predicted molar refractivity (Wildman–Crippen MR) is 51.5 cm³/mol. The second kappa shape index (κ2) is 5.51. The van der Waals surface area contributed by atoms with E-state index in [1.54, 1.807) is 0 Å². The average Bonchev–Trinajstić information content (AvgIpc) is 2.01. The van der Waals surface area contributed by atoms with Crippen molar-refractivity contribution in [2.75, 3.05) is 0 Å². The summed E-state index contributed by atoms with van der Waals surface area (Å²) in [5.74, 6) is 0. The molecule has 74 valence electrons. The highest BCUT2D eigenvalue weighted by Crippen LogP contribution is 2.14. The van der Waals surface area contributed by atoms with Gasteiger partial charge in [0.25, 0.3) is 0 Å². The maximum atomic E-state index is 9.70. The normalized spacial score (nSPS) is 18.8. The van der Waals surface area contributed by atoms with Gasteiger partial charge in [-0.15, -0.1) is 0 Å². The molecule has 0 spiro atoms. The van der Waals surface area contributed by atoms with E-state index in [-0.39, 0.29) is 6.04 Å². The van der Waals surface area contributed by atoms with Crippen LogP contribution in [0.25, 0.3) is 0 Å². The third kappa shape index (κ3) is 4.04. The van der Waals surface area contributed by atoms with Crippen LogP contribution in [0.15, 0.2) is 0 Å². The van der Waals surface area contributed by atoms with Gasteiger partial charge in [-0.25, -0.2) is 0 Å². The van der Waals surface area contributed by atoms with Gasteiger partial charge in [-0.1, -0.05) is 26.7 Å². The Morgan fingerprint density at radius 2 is 1.92 bits per heavy atom. The summed E-state index contributed by atoms with van der Waals surface area (Å²) in [5.41, 5.74) is 10.2. The van der Waals surface area contributed by atoms with Crippen molar-refractivity contribution >= 4 is 0 Å². The fourth-order valence-electron chi connectivity index (χ4n) is 1.21. The Hall–Kier alpha value is -0.120. The summed E-state index contributed by atoms with van der Waals surface area (Å²) in [6, 6.07) is -0.283. The summed E-state index contributed by atoms with van der Waals surface area (Å²) in [5, 5.41) is 9.70. The smallest absolute Gasteiger partial charge is 0.128 e. The first-order chi connectivity index (χ1) is 5.54. The zero-order chi connectivity index (χ0) is 9.61. The second-order valence-electron chi connectivity index (χ2n) is 3.49. The molecule has 3 heteroatoms. The lowest BCUT2D eigenvalue weighted by atomic mass is 9.96. The van der Waals surface area contributed by atoms with Crippen LogP contribution in [0, 0.1) is 0 Å². The first-order valence-electron chi connectivity index (χ1n) is 4.81. The highest BCUT2D eigenvalue weighted by atomic mass is 16.3. The molecule has 0 amide bonds. The summed E-state index contributed by atoms with van der Waals surface area (Å²) < 4.78 is 0. The van der Waals surface area contributed by atoms with Gasteiger partial charge in [-0.3, -0.25) is 0 Å². The Labute approximate surface area is 75.1 Å². The minimum atomic E-state index is -1.16. The lowest BCUT2D eigenvalue weighted by Gasteiger charge is -2.29. The first kappa shape index (κ1) is 11.9. The molecule has 2 unspecified atom stereocenters. The standard InChI is InChI=1S/C9H22N2O/c1-3-5-7-9(11,12)8(10)6-4-2/h8,12H,3-7,10-11H2,1-2H3. The molecule has 0 saturated carbocycles. The summed E-state index contributed by atoms with van der Waals surface area (Å²) in [6.45, 7) is 4.11. The molecule has 0 aromatic rings. The molecule has 0 aliphatic rings. The Kier molecular flexibility index (Phi) is 5.46. The predicted octanol–water partition coefficient (Wildman–Crippen LogP) is 0.951. The van der Waals surface area contributed by atoms with Gasteiger partial charge in [0.05, 0.1) is 0 Å². The Balaban J connectivity index is 3.81. The lowest BCUT2D eigenvalue weighted by molar-refractivity contribution is 0.00712. The maximum absolute atomic E-state index is 9.70. The molecule has 0 saturated heterocycles. The van der Waals surface area contributed by atoms with Crippen molar-refractivity contribution in [1.29, 1.82) is 0 Å². The van der Waals surface area contributed by atoms with Crippen LogP contribution in [0.1, 0.15) is 46.0 Å². The van der Waals surface area contributed by atoms with Gasteiger partial charge in [0.2, 0.25) is 0 Å². The molecule has 12 heavy (non-hydrogen) atoms. The van der Waals surface area contributed by atoms with E-state index in [1.807, 2.05) is 6.92 Å². The molecule has 5 N–H and O–H groups in total. The van der Waals surface area contributed by atoms with E-state index >= 15 is 0 Å². The van der Waals surface area contributed by atoms with E-state index in [9.17, 15) is 5.11 Å². The van der Waals surface area contributed by atoms with Crippen molar-refractivity contribution in [3.05, 3.63) is 0 Å². The van der Waals surface area contributed by atoms with E-state index in [2.05, 4.69) is 6.92 Å². The third-order valence-electron chi connectivity index (χ3n) is 2.17. The van der Waals surface area contributed by atoms with E-state index in [4.69, 9.17) is 11.5 Å². The highest BCUT2D eigenvalue weighted by molar-refractivity contribution is 4.82. The highest BCUT2D eigenvalue weighted by Gasteiger charge is 2.27. The molecule has 0 aromatic heterocycles. The lowest BCUT2D eigenvalue weighted by Crippen LogP contribution is -2.55. The fraction of sp³-hybridized carbons (Fsp3) is 1.00. The molecule has 0 heterocycles. The molecule has 0 aliphatic carbocycles. The zero-order valence-corrected chi connectivity index (χ0v) is 8.21. The average molecular weight is 174 g/mol. The Morgan fingerprint density at radius 1 is 1.33 bits per heavy atom. The maximum Gasteiger partial charge on any atom is 0.128 e. The zero-order valence-electron chi connectivity index (χ0n) is 8.21. The summed E-state index contributed by atoms with van der Waals surface area (Å²) in [4.78, 5) is 0. The van der Waals surface area contributed by atoms with Gasteiger partial charge in [-0.2, -0.15) is 0 Å². The van der Waals surface area contributed by atoms with Gasteiger partial charge in [0.1, 0.15) is 5.72 Å². The first-order valence-corrected chi connectivity index (χ1v) is 4.81. The fourth-order valence-corrected chi connectivity index (χ4v) is 1.21. The minimum Gasteiger partial charge on any atom is -0.374 e. The number of rotatable bonds is 6. The molecule has 0 radical (unpaired) electrons. The summed E-state index contributed by atoms with van der Waals surface area (Å²) >= 11 is 0. The van der Waals surface area contributed by atoms with Crippen molar-refractivity contribution in [2.45, 2.75) is 57.7 Å². The topological polar surface area (TPSA) is 72.3 Å². The van der Waals surface area contributed by atoms with Crippen LogP contribution in [0.4, 0.5) is 0 Å². The van der Waals surface area contributed by atoms with Gasteiger partial charge in [0.15, 0.2) is 0 Å². The number of unbranched alkanes of at least 4 members (excludes halogenated alkanes) is 1. The second-order valence-corrected chi connectivity index (χ2v) is 3.49. The number of hydrogen-bond donors (Lipinski definition) is 3. The van der Waals surface area contributed by atoms with Crippen molar-refractivity contribution in [3.8, 4) is 0 Å². The largest absolute Gasteiger partial charge is 0.374 e. The van der Waals surface area contributed by atoms with Crippen LogP contribution < -0.4 is 11.5 Å². The molecule has 0 aromatic carbocycles. The van der Waals surface area contributed by atoms with Gasteiger partial charge in [-0.05, 0) is 19.3 Å². The van der Waals surface area contributed by atoms with Crippen LogP contribution in [0.3, 0.4) is 0 Å². The van der Waals surface area contributed by atoms with Crippen molar-refractivity contribution < 1.29 is 5.11 Å². The van der Waals surface area contributed by atoms with Crippen molar-refractivity contribution in [1.82, 2.24) is 0 Å². The van der Waals surface area contributed by atoms with Crippen molar-refractivity contribution in [3.63, 3.8) is 0 Å². The van der Waals surface area contributed by atoms with Gasteiger partial charge in [0, 0.05) is 6.04 Å². The van der Waals surface area contributed by atoms with Crippen molar-refractivity contribution in [2.24, 2.45) is 11.5 Å². The van der Waals surface area contributed by atoms with E-state index in [0.29, 0.717) is 6.42 Å². The molecule has 2 atom stereocenters. The summed E-state index contributed by atoms with van der Waals surface area (Å²) in [6.07, 6.45) is 4.33. The number of hydrogen-bond acceptors (Lipinski definition) is 3. The Bertz CT molecular complexity index is 115. The van der Waals surface area contributed by atoms with Crippen LogP contribution >= 0.6 is 0 Å². The number of aliphatic hydroxyl groups is 1. The monoisotopic (exact) mass is 174 g/mol. The molecule has 0 fully saturated rings. The van der Waals surface area contributed by atoms with Gasteiger partial charge >= 0.3 is 0 Å². The molecular formula is C9H22N2O. The quantitative estimate of drug-likeness (QED) is 0.525. The van der Waals surface area contributed by atoms with E-state index < -0.39 is 5.72 Å². The summed E-state index contributed by atoms with van der Waals surface area (Å²) in [7, 11) is 0. The van der Waals surface area contributed by atoms with E-state index in [1.165, 1.54) is 0 Å². The van der Waals surface area contributed by atoms with Crippen LogP contribution in [-0.2, 0) is 0 Å². The number of nitrogens with two attached hydrogens (primary N) is 2. The van der Waals surface area contributed by atoms with Gasteiger partial charge < -0.3 is 16.6 Å². The minimum absolute atomic E-state index is 0.283. The van der Waals surface area contributed by atoms with Crippen LogP contribution in [0.5, 0.6) is 0 Å².